The molecule has 2 aliphatic rings. The third-order valence-corrected chi connectivity index (χ3v) is 5.46. The maximum Gasteiger partial charge on any atom is 0.163 e. The maximum atomic E-state index is 14.1. The standard InChI is InChI=1S/C18H17F3N6O/c19-12-3-14(21)13(20)2-10(12)17-15(22)1-9(6-28-17)26-4-11-16(5-26)25-27-8-23-7-24-18(11)27/h2-3,7-9,15,17H,1,4-6,22H2/t9-,15+,17?/m1/s1. The summed E-state index contributed by atoms with van der Waals surface area (Å²) in [4.78, 5) is 10.4. The highest BCUT2D eigenvalue weighted by Crippen LogP contribution is 2.35. The van der Waals surface area contributed by atoms with Gasteiger partial charge in [0.05, 0.1) is 12.3 Å². The fourth-order valence-corrected chi connectivity index (χ4v) is 4.08. The second-order valence-corrected chi connectivity index (χ2v) is 7.20. The van der Waals surface area contributed by atoms with Gasteiger partial charge in [0.1, 0.15) is 24.6 Å². The van der Waals surface area contributed by atoms with Crippen LogP contribution in [0, 0.1) is 17.5 Å². The van der Waals surface area contributed by atoms with E-state index in [-0.39, 0.29) is 11.6 Å². The van der Waals surface area contributed by atoms with E-state index in [9.17, 15) is 13.2 Å². The van der Waals surface area contributed by atoms with E-state index < -0.39 is 29.6 Å². The van der Waals surface area contributed by atoms with E-state index in [4.69, 9.17) is 10.5 Å². The highest BCUT2D eigenvalue weighted by Gasteiger charge is 2.38. The Morgan fingerprint density at radius 3 is 2.75 bits per heavy atom. The summed E-state index contributed by atoms with van der Waals surface area (Å²) in [5.74, 6) is -3.20. The van der Waals surface area contributed by atoms with Gasteiger partial charge in [0.15, 0.2) is 17.3 Å². The number of aromatic nitrogens is 4. The third-order valence-electron chi connectivity index (χ3n) is 5.46. The van der Waals surface area contributed by atoms with Gasteiger partial charge < -0.3 is 10.5 Å². The van der Waals surface area contributed by atoms with Crippen molar-refractivity contribution in [2.24, 2.45) is 5.73 Å². The first-order valence-corrected chi connectivity index (χ1v) is 8.93. The molecule has 0 saturated carbocycles. The molecular formula is C18H17F3N6O. The Hall–Kier alpha value is -2.56. The van der Waals surface area contributed by atoms with Crippen LogP contribution in [-0.4, -0.2) is 43.2 Å². The van der Waals surface area contributed by atoms with E-state index in [1.165, 1.54) is 6.33 Å². The highest BCUT2D eigenvalue weighted by atomic mass is 19.2. The first-order valence-electron chi connectivity index (χ1n) is 8.93. The number of ether oxygens (including phenoxy) is 1. The number of rotatable bonds is 2. The first-order chi connectivity index (χ1) is 13.5. The summed E-state index contributed by atoms with van der Waals surface area (Å²) in [5.41, 5.74) is 8.92. The van der Waals surface area contributed by atoms with Crippen LogP contribution >= 0.6 is 0 Å². The van der Waals surface area contributed by atoms with Gasteiger partial charge in [-0.25, -0.2) is 27.7 Å². The molecule has 2 aliphatic heterocycles. The van der Waals surface area contributed by atoms with Crippen LogP contribution in [0.5, 0.6) is 0 Å². The number of hydrogen-bond donors (Lipinski definition) is 1. The third kappa shape index (κ3) is 2.76. The largest absolute Gasteiger partial charge is 0.370 e. The predicted molar refractivity (Wildman–Crippen MR) is 91.4 cm³/mol. The molecule has 1 fully saturated rings. The van der Waals surface area contributed by atoms with Gasteiger partial charge in [-0.15, -0.1) is 0 Å². The van der Waals surface area contributed by atoms with Crippen molar-refractivity contribution >= 4 is 5.65 Å². The molecule has 7 nitrogen and oxygen atoms in total. The van der Waals surface area contributed by atoms with E-state index >= 15 is 0 Å². The molecule has 0 bridgehead atoms. The van der Waals surface area contributed by atoms with Crippen LogP contribution in [0.1, 0.15) is 29.3 Å². The lowest BCUT2D eigenvalue weighted by atomic mass is 9.93. The Morgan fingerprint density at radius 1 is 1.11 bits per heavy atom. The van der Waals surface area contributed by atoms with Crippen molar-refractivity contribution in [1.82, 2.24) is 24.5 Å². The van der Waals surface area contributed by atoms with Crippen LogP contribution in [-0.2, 0) is 17.8 Å². The van der Waals surface area contributed by atoms with Gasteiger partial charge in [-0.05, 0) is 12.5 Å². The fourth-order valence-electron chi connectivity index (χ4n) is 4.08. The second kappa shape index (κ2) is 6.50. The average molecular weight is 390 g/mol. The summed E-state index contributed by atoms with van der Waals surface area (Å²) in [6.07, 6.45) is 2.82. The van der Waals surface area contributed by atoms with Crippen molar-refractivity contribution in [1.29, 1.82) is 0 Å². The summed E-state index contributed by atoms with van der Waals surface area (Å²) < 4.78 is 48.3. The van der Waals surface area contributed by atoms with E-state index in [0.29, 0.717) is 32.2 Å². The van der Waals surface area contributed by atoms with E-state index in [2.05, 4.69) is 20.0 Å². The minimum atomic E-state index is -1.23. The summed E-state index contributed by atoms with van der Waals surface area (Å²) in [6, 6.07) is 0.819. The second-order valence-electron chi connectivity index (χ2n) is 7.20. The molecule has 0 spiro atoms. The van der Waals surface area contributed by atoms with Gasteiger partial charge >= 0.3 is 0 Å². The quantitative estimate of drug-likeness (QED) is 0.671. The van der Waals surface area contributed by atoms with Crippen molar-refractivity contribution in [3.8, 4) is 0 Å². The van der Waals surface area contributed by atoms with Crippen LogP contribution in [0.4, 0.5) is 13.2 Å². The lowest BCUT2D eigenvalue weighted by molar-refractivity contribution is -0.0533. The number of hydrogen-bond acceptors (Lipinski definition) is 6. The zero-order valence-corrected chi connectivity index (χ0v) is 14.7. The Kier molecular flexibility index (Phi) is 4.07. The molecule has 1 aromatic carbocycles. The first kappa shape index (κ1) is 17.5. The van der Waals surface area contributed by atoms with Crippen LogP contribution < -0.4 is 5.73 Å². The van der Waals surface area contributed by atoms with Gasteiger partial charge in [-0.2, -0.15) is 5.10 Å². The van der Waals surface area contributed by atoms with E-state index in [0.717, 1.165) is 23.0 Å². The molecule has 146 valence electrons. The molecule has 28 heavy (non-hydrogen) atoms. The van der Waals surface area contributed by atoms with E-state index in [1.54, 1.807) is 10.8 Å². The Balaban J connectivity index is 1.32. The molecular weight excluding hydrogens is 373 g/mol. The van der Waals surface area contributed by atoms with Crippen molar-refractivity contribution in [3.05, 3.63) is 59.1 Å². The summed E-state index contributed by atoms with van der Waals surface area (Å²) >= 11 is 0. The molecule has 1 saturated heterocycles. The molecule has 2 aromatic heterocycles. The van der Waals surface area contributed by atoms with Gasteiger partial charge in [0.2, 0.25) is 0 Å². The average Bonchev–Trinajstić information content (AvgIpc) is 3.23. The lowest BCUT2D eigenvalue weighted by Crippen LogP contribution is -2.47. The molecule has 1 unspecified atom stereocenters. The van der Waals surface area contributed by atoms with Crippen molar-refractivity contribution in [3.63, 3.8) is 0 Å². The van der Waals surface area contributed by atoms with E-state index in [1.807, 2.05) is 0 Å². The number of nitrogens with two attached hydrogens (primary N) is 1. The van der Waals surface area contributed by atoms with Crippen LogP contribution in [0.2, 0.25) is 0 Å². The zero-order chi connectivity index (χ0) is 19.4. The SMILES string of the molecule is N[C@H]1C[C@@H](N2Cc3nn4cncnc4c3C2)COC1c1cc(F)c(F)cc1F. The van der Waals surface area contributed by atoms with Gasteiger partial charge in [0, 0.05) is 42.4 Å². The Labute approximate surface area is 157 Å². The van der Waals surface area contributed by atoms with Crippen LogP contribution in [0.3, 0.4) is 0 Å². The molecule has 3 atom stereocenters. The maximum absolute atomic E-state index is 14.1. The fraction of sp³-hybridized carbons (Fsp3) is 0.389. The highest BCUT2D eigenvalue weighted by molar-refractivity contribution is 5.50. The van der Waals surface area contributed by atoms with Crippen molar-refractivity contribution < 1.29 is 17.9 Å². The molecule has 3 aromatic rings. The molecule has 5 rings (SSSR count). The van der Waals surface area contributed by atoms with Crippen LogP contribution in [0.25, 0.3) is 5.65 Å². The van der Waals surface area contributed by atoms with Crippen LogP contribution in [0.15, 0.2) is 24.8 Å². The number of nitrogens with zero attached hydrogens (tertiary/aromatic N) is 5. The Morgan fingerprint density at radius 2 is 1.93 bits per heavy atom. The molecule has 0 amide bonds. The van der Waals surface area contributed by atoms with Gasteiger partial charge in [0.25, 0.3) is 0 Å². The minimum Gasteiger partial charge on any atom is -0.370 e. The molecule has 2 N–H and O–H groups in total. The summed E-state index contributed by atoms with van der Waals surface area (Å²) in [5, 5.41) is 4.50. The minimum absolute atomic E-state index is 0.00990. The monoisotopic (exact) mass is 390 g/mol. The predicted octanol–water partition coefficient (Wildman–Crippen LogP) is 1.71. The van der Waals surface area contributed by atoms with Crippen molar-refractivity contribution in [2.75, 3.05) is 6.61 Å². The van der Waals surface area contributed by atoms with Gasteiger partial charge in [-0.3, -0.25) is 4.90 Å². The normalized spacial score (nSPS) is 25.4. The Bertz CT molecular complexity index is 1060. The topological polar surface area (TPSA) is 81.6 Å². The molecule has 10 heteroatoms. The van der Waals surface area contributed by atoms with Gasteiger partial charge in [-0.1, -0.05) is 0 Å². The van der Waals surface area contributed by atoms with Crippen molar-refractivity contribution in [2.45, 2.75) is 37.7 Å². The lowest BCUT2D eigenvalue weighted by Gasteiger charge is -2.38. The zero-order valence-electron chi connectivity index (χ0n) is 14.7. The summed E-state index contributed by atoms with van der Waals surface area (Å²) in [6.45, 7) is 1.59. The summed E-state index contributed by atoms with van der Waals surface area (Å²) in [7, 11) is 0. The molecule has 4 heterocycles. The number of halogens is 3. The number of fused-ring (bicyclic) bond motifs is 3. The molecule has 0 radical (unpaired) electrons. The molecule has 0 aliphatic carbocycles. The number of benzene rings is 1. The smallest absolute Gasteiger partial charge is 0.163 e.